The molecule has 7 heteroatoms. The van der Waals surface area contributed by atoms with E-state index < -0.39 is 12.0 Å². The van der Waals surface area contributed by atoms with E-state index in [9.17, 15) is 18.8 Å². The summed E-state index contributed by atoms with van der Waals surface area (Å²) in [4.78, 5) is 38.8. The number of likely N-dealkylation sites (tertiary alicyclic amines) is 1. The van der Waals surface area contributed by atoms with Gasteiger partial charge < -0.3 is 15.1 Å². The fourth-order valence-electron chi connectivity index (χ4n) is 2.67. The molecule has 1 aromatic carbocycles. The van der Waals surface area contributed by atoms with Gasteiger partial charge in [-0.05, 0) is 17.7 Å². The van der Waals surface area contributed by atoms with E-state index >= 15 is 0 Å². The molecule has 2 atom stereocenters. The summed E-state index contributed by atoms with van der Waals surface area (Å²) in [5.41, 5.74) is 0.693. The minimum atomic E-state index is -0.604. The maximum Gasteiger partial charge on any atom is 0.241 e. The molecule has 6 nitrogen and oxygen atoms in total. The van der Waals surface area contributed by atoms with Crippen LogP contribution in [0.2, 0.25) is 0 Å². The average Bonchev–Trinajstić information content (AvgIpc) is 2.81. The lowest BCUT2D eigenvalue weighted by atomic mass is 9.93. The van der Waals surface area contributed by atoms with Crippen LogP contribution in [0.4, 0.5) is 4.39 Å². The molecule has 1 saturated heterocycles. The fourth-order valence-corrected chi connectivity index (χ4v) is 2.67. The van der Waals surface area contributed by atoms with Crippen LogP contribution < -0.4 is 5.32 Å². The molecule has 124 valence electrons. The van der Waals surface area contributed by atoms with E-state index in [1.807, 2.05) is 0 Å². The van der Waals surface area contributed by atoms with Gasteiger partial charge in [-0.15, -0.1) is 0 Å². The topological polar surface area (TPSA) is 69.7 Å². The van der Waals surface area contributed by atoms with Gasteiger partial charge in [-0.3, -0.25) is 14.4 Å². The van der Waals surface area contributed by atoms with Crippen molar-refractivity contribution in [3.63, 3.8) is 0 Å². The number of rotatable bonds is 4. The van der Waals surface area contributed by atoms with E-state index in [0.717, 1.165) is 0 Å². The molecule has 2 rings (SSSR count). The van der Waals surface area contributed by atoms with E-state index in [0.29, 0.717) is 5.56 Å². The van der Waals surface area contributed by atoms with Crippen molar-refractivity contribution in [2.24, 2.45) is 5.92 Å². The van der Waals surface area contributed by atoms with Crippen molar-refractivity contribution in [2.75, 3.05) is 27.7 Å². The van der Waals surface area contributed by atoms with Gasteiger partial charge in [-0.2, -0.15) is 0 Å². The van der Waals surface area contributed by atoms with Gasteiger partial charge in [0, 0.05) is 27.6 Å². The van der Waals surface area contributed by atoms with Gasteiger partial charge in [0.1, 0.15) is 5.82 Å². The Balaban J connectivity index is 2.15. The maximum atomic E-state index is 13.1. The Morgan fingerprint density at radius 1 is 1.30 bits per heavy atom. The number of carbonyl (C=O) groups is 3. The van der Waals surface area contributed by atoms with Crippen molar-refractivity contribution in [3.05, 3.63) is 35.6 Å². The van der Waals surface area contributed by atoms with Crippen LogP contribution in [0, 0.1) is 11.7 Å². The summed E-state index contributed by atoms with van der Waals surface area (Å²) >= 11 is 0. The molecule has 3 amide bonds. The molecule has 0 radical (unpaired) electrons. The molecule has 0 aromatic heterocycles. The molecule has 1 aromatic rings. The third-order valence-corrected chi connectivity index (χ3v) is 4.05. The number of hydrogen-bond acceptors (Lipinski definition) is 3. The monoisotopic (exact) mass is 321 g/mol. The molecule has 1 N–H and O–H groups in total. The zero-order valence-corrected chi connectivity index (χ0v) is 13.4. The summed E-state index contributed by atoms with van der Waals surface area (Å²) in [5.74, 6) is -1.72. The Morgan fingerprint density at radius 3 is 2.48 bits per heavy atom. The van der Waals surface area contributed by atoms with Crippen LogP contribution in [0.5, 0.6) is 0 Å². The van der Waals surface area contributed by atoms with Gasteiger partial charge in [0.2, 0.25) is 17.7 Å². The first-order valence-corrected chi connectivity index (χ1v) is 7.30. The van der Waals surface area contributed by atoms with Crippen LogP contribution in [-0.2, 0) is 14.4 Å². The maximum absolute atomic E-state index is 13.1. The predicted molar refractivity (Wildman–Crippen MR) is 81.7 cm³/mol. The Morgan fingerprint density at radius 2 is 1.91 bits per heavy atom. The van der Waals surface area contributed by atoms with Crippen LogP contribution in [0.1, 0.15) is 18.0 Å². The highest BCUT2D eigenvalue weighted by Crippen LogP contribution is 2.37. The lowest BCUT2D eigenvalue weighted by molar-refractivity contribution is -0.132. The minimum absolute atomic E-state index is 0.0700. The van der Waals surface area contributed by atoms with Gasteiger partial charge in [0.05, 0.1) is 18.5 Å². The van der Waals surface area contributed by atoms with Crippen molar-refractivity contribution in [1.82, 2.24) is 15.1 Å². The molecular formula is C16H20FN3O3. The number of benzene rings is 1. The smallest absolute Gasteiger partial charge is 0.241 e. The summed E-state index contributed by atoms with van der Waals surface area (Å²) in [7, 11) is 4.82. The van der Waals surface area contributed by atoms with Crippen LogP contribution in [0.3, 0.4) is 0 Å². The summed E-state index contributed by atoms with van der Waals surface area (Å²) < 4.78 is 13.1. The number of amides is 3. The average molecular weight is 321 g/mol. The van der Waals surface area contributed by atoms with Crippen molar-refractivity contribution in [2.45, 2.75) is 12.5 Å². The number of nitrogens with one attached hydrogen (secondary N) is 1. The van der Waals surface area contributed by atoms with Gasteiger partial charge in [-0.25, -0.2) is 4.39 Å². The van der Waals surface area contributed by atoms with E-state index in [1.165, 1.54) is 21.9 Å². The molecule has 1 aliphatic rings. The van der Waals surface area contributed by atoms with Crippen LogP contribution in [0.25, 0.3) is 0 Å². The number of hydrogen-bond donors (Lipinski definition) is 1. The number of halogens is 1. The molecule has 0 saturated carbocycles. The number of likely N-dealkylation sites (N-methyl/N-ethyl adjacent to an activating group) is 1. The number of carbonyl (C=O) groups excluding carboxylic acids is 3. The second kappa shape index (κ2) is 6.76. The third-order valence-electron chi connectivity index (χ3n) is 4.05. The molecule has 0 aliphatic carbocycles. The SMILES string of the molecule is CN(C)C(=O)CNC(=O)[C@H]1CC(=O)N(C)[C@H]1c1ccc(F)cc1. The van der Waals surface area contributed by atoms with Crippen LogP contribution in [-0.4, -0.2) is 55.2 Å². The molecule has 0 spiro atoms. The lowest BCUT2D eigenvalue weighted by Crippen LogP contribution is -2.40. The molecule has 1 aliphatic heterocycles. The first kappa shape index (κ1) is 16.9. The minimum Gasteiger partial charge on any atom is -0.347 e. The summed E-state index contributed by atoms with van der Waals surface area (Å²) in [6.07, 6.45) is 0.0700. The van der Waals surface area contributed by atoms with Gasteiger partial charge in [-0.1, -0.05) is 12.1 Å². The summed E-state index contributed by atoms with van der Waals surface area (Å²) in [6.45, 7) is -0.115. The highest BCUT2D eigenvalue weighted by Gasteiger charge is 2.42. The van der Waals surface area contributed by atoms with E-state index in [2.05, 4.69) is 5.32 Å². The molecule has 0 bridgehead atoms. The Bertz CT molecular complexity index is 616. The highest BCUT2D eigenvalue weighted by molar-refractivity contribution is 5.92. The number of nitrogens with zero attached hydrogens (tertiary/aromatic N) is 2. The van der Waals surface area contributed by atoms with Crippen molar-refractivity contribution in [1.29, 1.82) is 0 Å². The second-order valence-corrected chi connectivity index (χ2v) is 5.82. The van der Waals surface area contributed by atoms with Crippen LogP contribution in [0.15, 0.2) is 24.3 Å². The van der Waals surface area contributed by atoms with Crippen molar-refractivity contribution in [3.8, 4) is 0 Å². The molecule has 1 fully saturated rings. The van der Waals surface area contributed by atoms with Crippen molar-refractivity contribution < 1.29 is 18.8 Å². The second-order valence-electron chi connectivity index (χ2n) is 5.82. The normalized spacial score (nSPS) is 20.5. The summed E-state index contributed by atoms with van der Waals surface area (Å²) in [6, 6.07) is 5.28. The molecular weight excluding hydrogens is 301 g/mol. The Labute approximate surface area is 134 Å². The van der Waals surface area contributed by atoms with E-state index in [4.69, 9.17) is 0 Å². The summed E-state index contributed by atoms with van der Waals surface area (Å²) in [5, 5.41) is 2.57. The molecule has 1 heterocycles. The lowest BCUT2D eigenvalue weighted by Gasteiger charge is -2.25. The van der Waals surface area contributed by atoms with Gasteiger partial charge >= 0.3 is 0 Å². The molecule has 0 unspecified atom stereocenters. The molecule has 23 heavy (non-hydrogen) atoms. The first-order chi connectivity index (χ1) is 10.8. The van der Waals surface area contributed by atoms with E-state index in [-0.39, 0.29) is 36.5 Å². The first-order valence-electron chi connectivity index (χ1n) is 7.30. The Hall–Kier alpha value is -2.44. The zero-order chi connectivity index (χ0) is 17.1. The van der Waals surface area contributed by atoms with E-state index in [1.54, 1.807) is 33.3 Å². The standard InChI is InChI=1S/C16H20FN3O3/c1-19(2)14(22)9-18-16(23)12-8-13(21)20(3)15(12)10-4-6-11(17)7-5-10/h4-7,12,15H,8-9H2,1-3H3,(H,18,23)/t12-,15-/m0/s1. The van der Waals surface area contributed by atoms with Gasteiger partial charge in [0.25, 0.3) is 0 Å². The van der Waals surface area contributed by atoms with Crippen molar-refractivity contribution >= 4 is 17.7 Å². The largest absolute Gasteiger partial charge is 0.347 e. The zero-order valence-electron chi connectivity index (χ0n) is 13.4. The quantitative estimate of drug-likeness (QED) is 0.880. The van der Waals surface area contributed by atoms with Crippen LogP contribution >= 0.6 is 0 Å². The third kappa shape index (κ3) is 3.67. The highest BCUT2D eigenvalue weighted by atomic mass is 19.1. The predicted octanol–water partition coefficient (Wildman–Crippen LogP) is 0.549. The Kier molecular flexibility index (Phi) is 4.98. The van der Waals surface area contributed by atoms with Gasteiger partial charge in [0.15, 0.2) is 0 Å². The fraction of sp³-hybridized carbons (Fsp3) is 0.438.